The van der Waals surface area contributed by atoms with Crippen molar-refractivity contribution in [1.29, 1.82) is 0 Å². The van der Waals surface area contributed by atoms with E-state index in [-0.39, 0.29) is 18.3 Å². The minimum absolute atomic E-state index is 0.241. The van der Waals surface area contributed by atoms with E-state index in [0.717, 1.165) is 5.56 Å². The summed E-state index contributed by atoms with van der Waals surface area (Å²) in [6.07, 6.45) is 0.622. The Morgan fingerprint density at radius 2 is 2.27 bits per heavy atom. The monoisotopic (exact) mass is 209 g/mol. The van der Waals surface area contributed by atoms with E-state index >= 15 is 0 Å². The molecule has 3 nitrogen and oxygen atoms in total. The average molecular weight is 209 g/mol. The lowest BCUT2D eigenvalue weighted by Crippen LogP contribution is -2.29. The first-order valence-electron chi connectivity index (χ1n) is 4.85. The maximum atomic E-state index is 13.4. The summed E-state index contributed by atoms with van der Waals surface area (Å²) in [6.45, 7) is 0. The first-order chi connectivity index (χ1) is 7.09. The summed E-state index contributed by atoms with van der Waals surface area (Å²) < 4.78 is 13.4. The van der Waals surface area contributed by atoms with E-state index in [4.69, 9.17) is 10.8 Å². The summed E-state index contributed by atoms with van der Waals surface area (Å²) in [5.74, 6) is -1.82. The molecule has 0 saturated heterocycles. The van der Waals surface area contributed by atoms with E-state index in [2.05, 4.69) is 0 Å². The number of fused-ring (bicyclic) bond motifs is 1. The molecule has 0 heterocycles. The Kier molecular flexibility index (Phi) is 2.44. The van der Waals surface area contributed by atoms with Crippen molar-refractivity contribution >= 4 is 5.97 Å². The van der Waals surface area contributed by atoms with Crippen molar-refractivity contribution in [2.45, 2.75) is 18.9 Å². The van der Waals surface area contributed by atoms with Crippen molar-refractivity contribution in [3.8, 4) is 0 Å². The molecule has 0 aliphatic heterocycles. The van der Waals surface area contributed by atoms with Gasteiger partial charge in [-0.3, -0.25) is 4.79 Å². The smallest absolute Gasteiger partial charge is 0.306 e. The molecule has 0 spiro atoms. The number of carboxylic acid groups (broad SMARTS) is 1. The predicted octanol–water partition coefficient (Wildman–Crippen LogP) is 1.47. The largest absolute Gasteiger partial charge is 0.481 e. The van der Waals surface area contributed by atoms with Gasteiger partial charge in [0.15, 0.2) is 0 Å². The van der Waals surface area contributed by atoms with E-state index < -0.39 is 11.9 Å². The Morgan fingerprint density at radius 3 is 2.93 bits per heavy atom. The lowest BCUT2D eigenvalue weighted by molar-refractivity contribution is -0.142. The summed E-state index contributed by atoms with van der Waals surface area (Å²) in [4.78, 5) is 10.8. The fourth-order valence-electron chi connectivity index (χ4n) is 2.09. The van der Waals surface area contributed by atoms with Gasteiger partial charge >= 0.3 is 5.97 Å². The first-order valence-corrected chi connectivity index (χ1v) is 4.85. The number of carbonyl (C=O) groups is 1. The summed E-state index contributed by atoms with van der Waals surface area (Å²) in [5.41, 5.74) is 7.02. The standard InChI is InChI=1S/C11H12FNO2/c12-9-3-1-2-7-8(9)4-6(11(14)15)5-10(7)13/h1-3,6,10H,4-5,13H2,(H,14,15). The normalized spacial score (nSPS) is 24.7. The van der Waals surface area contributed by atoms with E-state index in [1.807, 2.05) is 0 Å². The van der Waals surface area contributed by atoms with E-state index in [1.54, 1.807) is 12.1 Å². The second-order valence-electron chi connectivity index (χ2n) is 3.89. The molecule has 3 N–H and O–H groups in total. The molecule has 2 rings (SSSR count). The summed E-state index contributed by atoms with van der Waals surface area (Å²) in [5, 5.41) is 8.89. The lowest BCUT2D eigenvalue weighted by Gasteiger charge is -2.27. The molecule has 4 heteroatoms. The van der Waals surface area contributed by atoms with Crippen LogP contribution in [0.5, 0.6) is 0 Å². The van der Waals surface area contributed by atoms with Crippen molar-refractivity contribution in [2.75, 3.05) is 0 Å². The van der Waals surface area contributed by atoms with Crippen LogP contribution in [0.1, 0.15) is 23.6 Å². The van der Waals surface area contributed by atoms with Gasteiger partial charge in [0, 0.05) is 6.04 Å². The van der Waals surface area contributed by atoms with Gasteiger partial charge in [0.1, 0.15) is 5.82 Å². The maximum Gasteiger partial charge on any atom is 0.306 e. The number of rotatable bonds is 1. The third kappa shape index (κ3) is 1.72. The van der Waals surface area contributed by atoms with Gasteiger partial charge < -0.3 is 10.8 Å². The molecule has 80 valence electrons. The third-order valence-electron chi connectivity index (χ3n) is 2.89. The molecule has 0 bridgehead atoms. The lowest BCUT2D eigenvalue weighted by atomic mass is 9.81. The third-order valence-corrected chi connectivity index (χ3v) is 2.89. The molecule has 15 heavy (non-hydrogen) atoms. The number of hydrogen-bond acceptors (Lipinski definition) is 2. The number of carboxylic acids is 1. The van der Waals surface area contributed by atoms with Crippen molar-refractivity contribution in [1.82, 2.24) is 0 Å². The minimum Gasteiger partial charge on any atom is -0.481 e. The van der Waals surface area contributed by atoms with Gasteiger partial charge in [0.25, 0.3) is 0 Å². The molecule has 1 aromatic carbocycles. The molecular formula is C11H12FNO2. The summed E-state index contributed by atoms with van der Waals surface area (Å²) >= 11 is 0. The molecule has 1 aromatic rings. The van der Waals surface area contributed by atoms with Crippen LogP contribution < -0.4 is 5.73 Å². The fourth-order valence-corrected chi connectivity index (χ4v) is 2.09. The van der Waals surface area contributed by atoms with Crippen LogP contribution in [0.25, 0.3) is 0 Å². The van der Waals surface area contributed by atoms with Gasteiger partial charge in [-0.25, -0.2) is 4.39 Å². The SMILES string of the molecule is NC1CC(C(=O)O)Cc2c(F)cccc21. The molecule has 1 aliphatic rings. The molecule has 0 fully saturated rings. The predicted molar refractivity (Wildman–Crippen MR) is 52.8 cm³/mol. The zero-order chi connectivity index (χ0) is 11.0. The van der Waals surface area contributed by atoms with E-state index in [9.17, 15) is 9.18 Å². The highest BCUT2D eigenvalue weighted by molar-refractivity contribution is 5.71. The highest BCUT2D eigenvalue weighted by Crippen LogP contribution is 2.33. The molecule has 0 amide bonds. The molecule has 0 saturated carbocycles. The second-order valence-corrected chi connectivity index (χ2v) is 3.89. The Morgan fingerprint density at radius 1 is 1.53 bits per heavy atom. The molecule has 0 aromatic heterocycles. The van der Waals surface area contributed by atoms with Gasteiger partial charge in [-0.1, -0.05) is 12.1 Å². The highest BCUT2D eigenvalue weighted by Gasteiger charge is 2.30. The Balaban J connectivity index is 2.41. The van der Waals surface area contributed by atoms with Gasteiger partial charge in [0.2, 0.25) is 0 Å². The fraction of sp³-hybridized carbons (Fsp3) is 0.364. The van der Waals surface area contributed by atoms with Crippen molar-refractivity contribution in [3.05, 3.63) is 35.1 Å². The number of nitrogens with two attached hydrogens (primary N) is 1. The summed E-state index contributed by atoms with van der Waals surface area (Å²) in [7, 11) is 0. The van der Waals surface area contributed by atoms with Gasteiger partial charge in [-0.15, -0.1) is 0 Å². The van der Waals surface area contributed by atoms with E-state index in [0.29, 0.717) is 12.0 Å². The van der Waals surface area contributed by atoms with Crippen molar-refractivity contribution in [2.24, 2.45) is 11.7 Å². The summed E-state index contributed by atoms with van der Waals surface area (Å²) in [6, 6.07) is 4.34. The van der Waals surface area contributed by atoms with Crippen LogP contribution in [-0.2, 0) is 11.2 Å². The van der Waals surface area contributed by atoms with Gasteiger partial charge in [0.05, 0.1) is 5.92 Å². The molecule has 2 atom stereocenters. The Hall–Kier alpha value is -1.42. The van der Waals surface area contributed by atoms with Crippen LogP contribution in [0.15, 0.2) is 18.2 Å². The van der Waals surface area contributed by atoms with Crippen LogP contribution in [0.2, 0.25) is 0 Å². The van der Waals surface area contributed by atoms with Crippen LogP contribution in [0, 0.1) is 11.7 Å². The first kappa shape index (κ1) is 10.1. The van der Waals surface area contributed by atoms with E-state index in [1.165, 1.54) is 6.07 Å². The number of benzene rings is 1. The van der Waals surface area contributed by atoms with Gasteiger partial charge in [-0.05, 0) is 30.0 Å². The number of aliphatic carboxylic acids is 1. The molecule has 2 unspecified atom stereocenters. The second kappa shape index (κ2) is 3.62. The van der Waals surface area contributed by atoms with Crippen LogP contribution in [0.4, 0.5) is 4.39 Å². The highest BCUT2D eigenvalue weighted by atomic mass is 19.1. The van der Waals surface area contributed by atoms with Crippen molar-refractivity contribution < 1.29 is 14.3 Å². The number of hydrogen-bond donors (Lipinski definition) is 2. The van der Waals surface area contributed by atoms with Crippen LogP contribution >= 0.6 is 0 Å². The quantitative estimate of drug-likeness (QED) is 0.736. The molecule has 1 aliphatic carbocycles. The average Bonchev–Trinajstić information content (AvgIpc) is 2.19. The zero-order valence-corrected chi connectivity index (χ0v) is 8.11. The van der Waals surface area contributed by atoms with Crippen LogP contribution in [0.3, 0.4) is 0 Å². The molecule has 0 radical (unpaired) electrons. The Labute approximate surface area is 86.7 Å². The zero-order valence-electron chi connectivity index (χ0n) is 8.11. The maximum absolute atomic E-state index is 13.4. The van der Waals surface area contributed by atoms with Crippen LogP contribution in [-0.4, -0.2) is 11.1 Å². The van der Waals surface area contributed by atoms with Gasteiger partial charge in [-0.2, -0.15) is 0 Å². The minimum atomic E-state index is -0.903. The topological polar surface area (TPSA) is 63.3 Å². The Bertz CT molecular complexity index is 406. The number of halogens is 1. The molecular weight excluding hydrogens is 197 g/mol. The van der Waals surface area contributed by atoms with Crippen molar-refractivity contribution in [3.63, 3.8) is 0 Å².